The number of hydrogen-bond donors (Lipinski definition) is 2. The highest BCUT2D eigenvalue weighted by Gasteiger charge is 2.40. The van der Waals surface area contributed by atoms with Gasteiger partial charge in [0, 0.05) is 11.6 Å². The second kappa shape index (κ2) is 3.59. The standard InChI is InChI=1S/C11H13F2NO2/c1-16-10-7(13)5-6(12)8(9(10)15)11(14)3-2-4-11/h5,15H,2-4,14H2,1H3. The van der Waals surface area contributed by atoms with E-state index in [-0.39, 0.29) is 11.3 Å². The van der Waals surface area contributed by atoms with Gasteiger partial charge in [0.15, 0.2) is 17.3 Å². The van der Waals surface area contributed by atoms with Gasteiger partial charge in [0.1, 0.15) is 5.82 Å². The third-order valence-electron chi connectivity index (χ3n) is 3.11. The highest BCUT2D eigenvalue weighted by atomic mass is 19.1. The molecule has 1 aliphatic carbocycles. The molecule has 1 fully saturated rings. The van der Waals surface area contributed by atoms with E-state index in [0.717, 1.165) is 6.42 Å². The number of hydrogen-bond acceptors (Lipinski definition) is 3. The van der Waals surface area contributed by atoms with Crippen LogP contribution in [0.5, 0.6) is 11.5 Å². The van der Waals surface area contributed by atoms with Crippen molar-refractivity contribution in [3.63, 3.8) is 0 Å². The smallest absolute Gasteiger partial charge is 0.197 e. The van der Waals surface area contributed by atoms with E-state index in [1.165, 1.54) is 7.11 Å². The van der Waals surface area contributed by atoms with Gasteiger partial charge in [-0.05, 0) is 19.3 Å². The van der Waals surface area contributed by atoms with E-state index in [4.69, 9.17) is 5.73 Å². The van der Waals surface area contributed by atoms with Crippen molar-refractivity contribution in [2.75, 3.05) is 7.11 Å². The number of ether oxygens (including phenoxy) is 1. The summed E-state index contributed by atoms with van der Waals surface area (Å²) >= 11 is 0. The van der Waals surface area contributed by atoms with Crippen LogP contribution < -0.4 is 10.5 Å². The third-order valence-corrected chi connectivity index (χ3v) is 3.11. The number of nitrogens with two attached hydrogens (primary N) is 1. The Kier molecular flexibility index (Phi) is 2.50. The van der Waals surface area contributed by atoms with Crippen molar-refractivity contribution in [3.8, 4) is 11.5 Å². The molecule has 88 valence electrons. The molecule has 16 heavy (non-hydrogen) atoms. The molecule has 0 radical (unpaired) electrons. The fourth-order valence-electron chi connectivity index (χ4n) is 2.06. The summed E-state index contributed by atoms with van der Waals surface area (Å²) in [6.07, 6.45) is 2.02. The van der Waals surface area contributed by atoms with E-state index in [1.54, 1.807) is 0 Å². The Hall–Kier alpha value is -1.36. The van der Waals surface area contributed by atoms with E-state index >= 15 is 0 Å². The van der Waals surface area contributed by atoms with Crippen LogP contribution in [0.25, 0.3) is 0 Å². The van der Waals surface area contributed by atoms with Crippen molar-refractivity contribution in [2.45, 2.75) is 24.8 Å². The van der Waals surface area contributed by atoms with Gasteiger partial charge in [-0.1, -0.05) is 0 Å². The maximum Gasteiger partial charge on any atom is 0.197 e. The molecule has 0 bridgehead atoms. The summed E-state index contributed by atoms with van der Waals surface area (Å²) in [5.74, 6) is -2.63. The summed E-state index contributed by atoms with van der Waals surface area (Å²) in [6, 6.07) is 0.695. The molecular formula is C11H13F2NO2. The van der Waals surface area contributed by atoms with Gasteiger partial charge in [0.2, 0.25) is 0 Å². The average Bonchev–Trinajstić information content (AvgIpc) is 2.14. The minimum Gasteiger partial charge on any atom is -0.504 e. The van der Waals surface area contributed by atoms with Crippen LogP contribution >= 0.6 is 0 Å². The van der Waals surface area contributed by atoms with E-state index in [2.05, 4.69) is 4.74 Å². The van der Waals surface area contributed by atoms with Crippen molar-refractivity contribution < 1.29 is 18.6 Å². The van der Waals surface area contributed by atoms with Gasteiger partial charge in [-0.2, -0.15) is 0 Å². The molecule has 0 atom stereocenters. The van der Waals surface area contributed by atoms with E-state index in [9.17, 15) is 13.9 Å². The van der Waals surface area contributed by atoms with Gasteiger partial charge >= 0.3 is 0 Å². The highest BCUT2D eigenvalue weighted by Crippen LogP contribution is 2.47. The summed E-state index contributed by atoms with van der Waals surface area (Å²) in [5, 5.41) is 9.77. The molecule has 1 aromatic rings. The van der Waals surface area contributed by atoms with Crippen LogP contribution in [-0.4, -0.2) is 12.2 Å². The molecule has 0 aromatic heterocycles. The minimum absolute atomic E-state index is 0.0444. The lowest BCUT2D eigenvalue weighted by Crippen LogP contribution is -2.44. The van der Waals surface area contributed by atoms with Crippen LogP contribution in [0.15, 0.2) is 6.07 Å². The number of halogens is 2. The Morgan fingerprint density at radius 1 is 1.38 bits per heavy atom. The quantitative estimate of drug-likeness (QED) is 0.815. The van der Waals surface area contributed by atoms with Crippen LogP contribution in [0.1, 0.15) is 24.8 Å². The number of phenols is 1. The Morgan fingerprint density at radius 2 is 2.00 bits per heavy atom. The molecular weight excluding hydrogens is 216 g/mol. The van der Waals surface area contributed by atoms with Crippen LogP contribution in [0, 0.1) is 11.6 Å². The van der Waals surface area contributed by atoms with Crippen molar-refractivity contribution in [3.05, 3.63) is 23.3 Å². The van der Waals surface area contributed by atoms with Crippen molar-refractivity contribution >= 4 is 0 Å². The first-order valence-electron chi connectivity index (χ1n) is 5.04. The second-order valence-corrected chi connectivity index (χ2v) is 4.11. The molecule has 0 spiro atoms. The molecule has 5 heteroatoms. The number of aromatic hydroxyl groups is 1. The van der Waals surface area contributed by atoms with Crippen LogP contribution in [0.4, 0.5) is 8.78 Å². The zero-order valence-corrected chi connectivity index (χ0v) is 8.89. The Morgan fingerprint density at radius 3 is 2.44 bits per heavy atom. The van der Waals surface area contributed by atoms with E-state index < -0.39 is 22.9 Å². The van der Waals surface area contributed by atoms with Gasteiger partial charge in [-0.15, -0.1) is 0 Å². The summed E-state index contributed by atoms with van der Waals surface area (Å²) in [7, 11) is 1.21. The van der Waals surface area contributed by atoms with Gasteiger partial charge in [-0.3, -0.25) is 0 Å². The summed E-state index contributed by atoms with van der Waals surface area (Å²) in [5.41, 5.74) is 4.98. The van der Waals surface area contributed by atoms with Gasteiger partial charge in [-0.25, -0.2) is 8.78 Å². The molecule has 3 nitrogen and oxygen atoms in total. The Balaban J connectivity index is 2.60. The number of rotatable bonds is 2. The number of benzene rings is 1. The molecule has 1 aliphatic rings. The van der Waals surface area contributed by atoms with Crippen molar-refractivity contribution in [2.24, 2.45) is 5.73 Å². The summed E-state index contributed by atoms with van der Waals surface area (Å²) < 4.78 is 31.5. The maximum absolute atomic E-state index is 13.6. The first kappa shape index (κ1) is 11.1. The first-order valence-corrected chi connectivity index (χ1v) is 5.04. The predicted octanol–water partition coefficient (Wildman–Crippen LogP) is 2.02. The fourth-order valence-corrected chi connectivity index (χ4v) is 2.06. The largest absolute Gasteiger partial charge is 0.504 e. The lowest BCUT2D eigenvalue weighted by Gasteiger charge is -2.39. The van der Waals surface area contributed by atoms with E-state index in [1.807, 2.05) is 0 Å². The van der Waals surface area contributed by atoms with Gasteiger partial charge < -0.3 is 15.6 Å². The molecule has 0 amide bonds. The number of phenolic OH excluding ortho intramolecular Hbond substituents is 1. The zero-order valence-electron chi connectivity index (χ0n) is 8.89. The lowest BCUT2D eigenvalue weighted by molar-refractivity contribution is 0.231. The minimum atomic E-state index is -0.927. The van der Waals surface area contributed by atoms with E-state index in [0.29, 0.717) is 18.9 Å². The molecule has 0 saturated heterocycles. The zero-order chi connectivity index (χ0) is 11.9. The molecule has 0 heterocycles. The van der Waals surface area contributed by atoms with Crippen molar-refractivity contribution in [1.82, 2.24) is 0 Å². The topological polar surface area (TPSA) is 55.5 Å². The predicted molar refractivity (Wildman–Crippen MR) is 54.3 cm³/mol. The SMILES string of the molecule is COc1c(F)cc(F)c(C2(N)CCC2)c1O. The molecule has 0 aliphatic heterocycles. The molecule has 3 N–H and O–H groups in total. The molecule has 0 unspecified atom stereocenters. The normalized spacial score (nSPS) is 18.0. The lowest BCUT2D eigenvalue weighted by atomic mass is 9.72. The molecule has 2 rings (SSSR count). The Labute approximate surface area is 91.8 Å². The highest BCUT2D eigenvalue weighted by molar-refractivity contribution is 5.51. The van der Waals surface area contributed by atoms with Gasteiger partial charge in [0.05, 0.1) is 12.7 Å². The average molecular weight is 229 g/mol. The molecule has 1 saturated carbocycles. The molecule has 1 aromatic carbocycles. The van der Waals surface area contributed by atoms with Crippen LogP contribution in [0.3, 0.4) is 0 Å². The van der Waals surface area contributed by atoms with Crippen LogP contribution in [-0.2, 0) is 5.54 Å². The number of methoxy groups -OCH3 is 1. The maximum atomic E-state index is 13.6. The van der Waals surface area contributed by atoms with Gasteiger partial charge in [0.25, 0.3) is 0 Å². The fraction of sp³-hybridized carbons (Fsp3) is 0.455. The van der Waals surface area contributed by atoms with Crippen LogP contribution in [0.2, 0.25) is 0 Å². The second-order valence-electron chi connectivity index (χ2n) is 4.11. The third kappa shape index (κ3) is 1.43. The first-order chi connectivity index (χ1) is 7.49. The summed E-state index contributed by atoms with van der Waals surface area (Å²) in [6.45, 7) is 0. The monoisotopic (exact) mass is 229 g/mol. The summed E-state index contributed by atoms with van der Waals surface area (Å²) in [4.78, 5) is 0. The van der Waals surface area contributed by atoms with Crippen molar-refractivity contribution in [1.29, 1.82) is 0 Å². The Bertz CT molecular complexity index is 430.